The quantitative estimate of drug-likeness (QED) is 0.926. The normalized spacial score (nSPS) is 19.6. The molecule has 0 aromatic heterocycles. The average Bonchev–Trinajstić information content (AvgIpc) is 2.47. The number of hydrogen-bond acceptors (Lipinski definition) is 2. The zero-order valence-electron chi connectivity index (χ0n) is 13.1. The molecule has 1 saturated heterocycles. The molecule has 1 fully saturated rings. The van der Waals surface area contributed by atoms with Gasteiger partial charge in [-0.3, -0.25) is 9.59 Å². The van der Waals surface area contributed by atoms with Crippen LogP contribution in [0.15, 0.2) is 24.3 Å². The van der Waals surface area contributed by atoms with Crippen LogP contribution < -0.4 is 5.32 Å². The molecular weight excluding hydrogens is 300 g/mol. The topological polar surface area (TPSA) is 49.4 Å². The van der Waals surface area contributed by atoms with E-state index in [2.05, 4.69) is 5.32 Å². The Morgan fingerprint density at radius 1 is 1.45 bits per heavy atom. The number of halogens is 1. The molecule has 0 unspecified atom stereocenters. The summed E-state index contributed by atoms with van der Waals surface area (Å²) in [7, 11) is 0. The molecule has 1 heterocycles. The first kappa shape index (κ1) is 16.8. The van der Waals surface area contributed by atoms with E-state index in [4.69, 9.17) is 11.6 Å². The van der Waals surface area contributed by atoms with Crippen LogP contribution in [0.5, 0.6) is 0 Å². The standard InChI is InChI=1S/C17H23ClN2O2/c1-12(9-14-5-3-7-16(18)10-14)19-17(22)15-6-4-8-20(11-15)13(2)21/h3,5,7,10,12,15H,4,6,8-9,11H2,1-2H3,(H,19,22)/t12-,15-/m0/s1. The van der Waals surface area contributed by atoms with Gasteiger partial charge in [0.25, 0.3) is 0 Å². The van der Waals surface area contributed by atoms with Crippen LogP contribution in [-0.2, 0) is 16.0 Å². The van der Waals surface area contributed by atoms with Crippen molar-refractivity contribution in [3.8, 4) is 0 Å². The molecule has 120 valence electrons. The third-order valence-electron chi connectivity index (χ3n) is 4.06. The summed E-state index contributed by atoms with van der Waals surface area (Å²) in [5, 5.41) is 3.77. The molecule has 2 amide bonds. The van der Waals surface area contributed by atoms with Crippen LogP contribution in [0.2, 0.25) is 5.02 Å². The third kappa shape index (κ3) is 4.73. The summed E-state index contributed by atoms with van der Waals surface area (Å²) in [6.45, 7) is 4.84. The monoisotopic (exact) mass is 322 g/mol. The van der Waals surface area contributed by atoms with Crippen molar-refractivity contribution in [2.24, 2.45) is 5.92 Å². The van der Waals surface area contributed by atoms with Crippen LogP contribution in [0.3, 0.4) is 0 Å². The maximum atomic E-state index is 12.4. The first-order valence-corrected chi connectivity index (χ1v) is 8.14. The number of nitrogens with one attached hydrogen (secondary N) is 1. The van der Waals surface area contributed by atoms with E-state index in [0.29, 0.717) is 11.6 Å². The molecule has 1 aromatic rings. The van der Waals surface area contributed by atoms with Gasteiger partial charge in [0.05, 0.1) is 5.92 Å². The van der Waals surface area contributed by atoms with Gasteiger partial charge in [0, 0.05) is 31.1 Å². The predicted octanol–water partition coefficient (Wildman–Crippen LogP) is 2.65. The second-order valence-corrected chi connectivity index (χ2v) is 6.48. The van der Waals surface area contributed by atoms with Gasteiger partial charge in [0.2, 0.25) is 11.8 Å². The van der Waals surface area contributed by atoms with Gasteiger partial charge < -0.3 is 10.2 Å². The van der Waals surface area contributed by atoms with Crippen LogP contribution in [0.25, 0.3) is 0 Å². The minimum absolute atomic E-state index is 0.0404. The number of rotatable bonds is 4. The molecule has 0 aliphatic carbocycles. The molecule has 1 N–H and O–H groups in total. The van der Waals surface area contributed by atoms with E-state index in [1.54, 1.807) is 11.8 Å². The summed E-state index contributed by atoms with van der Waals surface area (Å²) < 4.78 is 0. The third-order valence-corrected chi connectivity index (χ3v) is 4.29. The molecule has 4 nitrogen and oxygen atoms in total. The number of nitrogens with zero attached hydrogens (tertiary/aromatic N) is 1. The van der Waals surface area contributed by atoms with E-state index >= 15 is 0 Å². The first-order chi connectivity index (χ1) is 10.5. The number of piperidine rings is 1. The molecule has 1 aliphatic heterocycles. The summed E-state index contributed by atoms with van der Waals surface area (Å²) in [6.07, 6.45) is 2.48. The minimum Gasteiger partial charge on any atom is -0.353 e. The van der Waals surface area contributed by atoms with Gasteiger partial charge in [0.1, 0.15) is 0 Å². The highest BCUT2D eigenvalue weighted by Crippen LogP contribution is 2.17. The molecular formula is C17H23ClN2O2. The molecule has 0 spiro atoms. The van der Waals surface area contributed by atoms with Crippen LogP contribution in [0.4, 0.5) is 0 Å². The molecule has 0 radical (unpaired) electrons. The van der Waals surface area contributed by atoms with E-state index in [0.717, 1.165) is 31.4 Å². The Hall–Kier alpha value is -1.55. The maximum Gasteiger partial charge on any atom is 0.225 e. The highest BCUT2D eigenvalue weighted by molar-refractivity contribution is 6.30. The Balaban J connectivity index is 1.86. The van der Waals surface area contributed by atoms with Crippen molar-refractivity contribution in [3.63, 3.8) is 0 Å². The van der Waals surface area contributed by atoms with E-state index in [1.807, 2.05) is 31.2 Å². The Morgan fingerprint density at radius 2 is 2.23 bits per heavy atom. The van der Waals surface area contributed by atoms with Crippen molar-refractivity contribution >= 4 is 23.4 Å². The van der Waals surface area contributed by atoms with E-state index in [-0.39, 0.29) is 23.8 Å². The Morgan fingerprint density at radius 3 is 2.91 bits per heavy atom. The fourth-order valence-corrected chi connectivity index (χ4v) is 3.12. The zero-order valence-corrected chi connectivity index (χ0v) is 13.9. The Kier molecular flexibility index (Phi) is 5.83. The zero-order chi connectivity index (χ0) is 16.1. The molecule has 22 heavy (non-hydrogen) atoms. The summed E-state index contributed by atoms with van der Waals surface area (Å²) in [5.74, 6) is -0.00980. The van der Waals surface area contributed by atoms with Crippen LogP contribution >= 0.6 is 11.6 Å². The summed E-state index contributed by atoms with van der Waals surface area (Å²) in [4.78, 5) is 25.6. The lowest BCUT2D eigenvalue weighted by atomic mass is 9.96. The highest BCUT2D eigenvalue weighted by Gasteiger charge is 2.27. The first-order valence-electron chi connectivity index (χ1n) is 7.76. The second-order valence-electron chi connectivity index (χ2n) is 6.05. The highest BCUT2D eigenvalue weighted by atomic mass is 35.5. The van der Waals surface area contributed by atoms with Crippen molar-refractivity contribution in [2.45, 2.75) is 39.2 Å². The Labute approximate surface area is 136 Å². The summed E-state index contributed by atoms with van der Waals surface area (Å²) >= 11 is 5.98. The maximum absolute atomic E-state index is 12.4. The number of amides is 2. The largest absolute Gasteiger partial charge is 0.353 e. The van der Waals surface area contributed by atoms with Crippen molar-refractivity contribution in [2.75, 3.05) is 13.1 Å². The number of carbonyl (C=O) groups excluding carboxylic acids is 2. The SMILES string of the molecule is CC(=O)N1CCC[C@H](C(=O)N[C@@H](C)Cc2cccc(Cl)c2)C1. The van der Waals surface area contributed by atoms with Crippen LogP contribution in [0.1, 0.15) is 32.3 Å². The molecule has 0 bridgehead atoms. The molecule has 5 heteroatoms. The lowest BCUT2D eigenvalue weighted by molar-refractivity contribution is -0.134. The molecule has 1 aromatic carbocycles. The average molecular weight is 323 g/mol. The Bertz CT molecular complexity index is 547. The lowest BCUT2D eigenvalue weighted by Crippen LogP contribution is -2.46. The molecule has 2 rings (SSSR count). The fourth-order valence-electron chi connectivity index (χ4n) is 2.91. The van der Waals surface area contributed by atoms with E-state index in [1.165, 1.54) is 0 Å². The smallest absolute Gasteiger partial charge is 0.225 e. The minimum atomic E-state index is -0.0977. The number of carbonyl (C=O) groups is 2. The fraction of sp³-hybridized carbons (Fsp3) is 0.529. The molecule has 1 aliphatic rings. The molecule has 0 saturated carbocycles. The van der Waals surface area contributed by atoms with E-state index < -0.39 is 0 Å². The van der Waals surface area contributed by atoms with Crippen molar-refractivity contribution in [1.82, 2.24) is 10.2 Å². The lowest BCUT2D eigenvalue weighted by Gasteiger charge is -2.32. The number of hydrogen-bond donors (Lipinski definition) is 1. The van der Waals surface area contributed by atoms with Gasteiger partial charge in [-0.15, -0.1) is 0 Å². The van der Waals surface area contributed by atoms with Gasteiger partial charge in [-0.25, -0.2) is 0 Å². The van der Waals surface area contributed by atoms with Gasteiger partial charge in [-0.05, 0) is 43.9 Å². The number of benzene rings is 1. The van der Waals surface area contributed by atoms with E-state index in [9.17, 15) is 9.59 Å². The van der Waals surface area contributed by atoms with Crippen LogP contribution in [-0.4, -0.2) is 35.8 Å². The van der Waals surface area contributed by atoms with Gasteiger partial charge in [-0.2, -0.15) is 0 Å². The number of likely N-dealkylation sites (tertiary alicyclic amines) is 1. The van der Waals surface area contributed by atoms with Gasteiger partial charge in [0.15, 0.2) is 0 Å². The predicted molar refractivity (Wildman–Crippen MR) is 87.7 cm³/mol. The van der Waals surface area contributed by atoms with Crippen molar-refractivity contribution < 1.29 is 9.59 Å². The molecule has 2 atom stereocenters. The second kappa shape index (κ2) is 7.63. The van der Waals surface area contributed by atoms with Gasteiger partial charge >= 0.3 is 0 Å². The summed E-state index contributed by atoms with van der Waals surface area (Å²) in [6, 6.07) is 7.72. The van der Waals surface area contributed by atoms with Crippen molar-refractivity contribution in [3.05, 3.63) is 34.9 Å². The summed E-state index contributed by atoms with van der Waals surface area (Å²) in [5.41, 5.74) is 1.11. The van der Waals surface area contributed by atoms with Gasteiger partial charge in [-0.1, -0.05) is 23.7 Å². The van der Waals surface area contributed by atoms with Crippen LogP contribution in [0, 0.1) is 5.92 Å². The van der Waals surface area contributed by atoms with Crippen molar-refractivity contribution in [1.29, 1.82) is 0 Å².